The highest BCUT2D eigenvalue weighted by Crippen LogP contribution is 2.21. The zero-order valence-electron chi connectivity index (χ0n) is 11.1. The summed E-state index contributed by atoms with van der Waals surface area (Å²) in [6.45, 7) is 4.69. The predicted molar refractivity (Wildman–Crippen MR) is 87.7 cm³/mol. The van der Waals surface area contributed by atoms with Crippen molar-refractivity contribution < 1.29 is 4.79 Å². The van der Waals surface area contributed by atoms with Crippen LogP contribution in [0.15, 0.2) is 48.5 Å². The highest BCUT2D eigenvalue weighted by Gasteiger charge is 2.17. The molecule has 0 spiro atoms. The molecule has 19 heavy (non-hydrogen) atoms. The van der Waals surface area contributed by atoms with E-state index in [1.165, 1.54) is 0 Å². The van der Waals surface area contributed by atoms with E-state index in [2.05, 4.69) is 22.6 Å². The van der Waals surface area contributed by atoms with Gasteiger partial charge in [0.05, 0.1) is 0 Å². The molecule has 0 heterocycles. The zero-order valence-corrected chi connectivity index (χ0v) is 13.2. The molecule has 98 valence electrons. The summed E-state index contributed by atoms with van der Waals surface area (Å²) in [6.07, 6.45) is 0. The van der Waals surface area contributed by atoms with Crippen LogP contribution in [-0.4, -0.2) is 12.5 Å². The van der Waals surface area contributed by atoms with Crippen molar-refractivity contribution in [1.82, 2.24) is 0 Å². The Morgan fingerprint density at radius 1 is 1.11 bits per heavy atom. The van der Waals surface area contributed by atoms with Gasteiger partial charge in [0.25, 0.3) is 5.91 Å². The van der Waals surface area contributed by atoms with Gasteiger partial charge in [-0.15, -0.1) is 0 Å². The van der Waals surface area contributed by atoms with Gasteiger partial charge in [-0.05, 0) is 72.3 Å². The number of nitrogens with zero attached hydrogens (tertiary/aromatic N) is 1. The molecule has 2 rings (SSSR count). The smallest absolute Gasteiger partial charge is 0.258 e. The Hall–Kier alpha value is -1.36. The van der Waals surface area contributed by atoms with Gasteiger partial charge in [-0.25, -0.2) is 0 Å². The lowest BCUT2D eigenvalue weighted by Gasteiger charge is -2.23. The molecule has 0 radical (unpaired) electrons. The maximum Gasteiger partial charge on any atom is 0.258 e. The number of rotatable bonds is 3. The molecule has 3 heteroatoms. The second-order valence-electron chi connectivity index (χ2n) is 4.34. The maximum absolute atomic E-state index is 12.6. The minimum Gasteiger partial charge on any atom is -0.308 e. The number of amides is 1. The molecule has 0 N–H and O–H groups in total. The number of carbonyl (C=O) groups is 1. The number of aryl methyl sites for hydroxylation is 1. The third-order valence-corrected chi connectivity index (χ3v) is 3.78. The third kappa shape index (κ3) is 3.15. The lowest BCUT2D eigenvalue weighted by atomic mass is 10.1. The molecule has 2 aromatic carbocycles. The van der Waals surface area contributed by atoms with E-state index in [0.717, 1.165) is 20.4 Å². The van der Waals surface area contributed by atoms with Gasteiger partial charge in [-0.1, -0.05) is 18.2 Å². The first-order chi connectivity index (χ1) is 9.13. The second-order valence-corrected chi connectivity index (χ2v) is 5.59. The molecule has 0 saturated heterocycles. The normalized spacial score (nSPS) is 10.3. The van der Waals surface area contributed by atoms with Crippen molar-refractivity contribution >= 4 is 34.2 Å². The molecule has 0 aliphatic rings. The summed E-state index contributed by atoms with van der Waals surface area (Å²) in [5, 5.41) is 0. The minimum absolute atomic E-state index is 0.0493. The van der Waals surface area contributed by atoms with E-state index >= 15 is 0 Å². The van der Waals surface area contributed by atoms with Crippen LogP contribution in [0.1, 0.15) is 22.8 Å². The largest absolute Gasteiger partial charge is 0.308 e. The SMILES string of the molecule is CCN(C(=O)c1ccc(I)cc1)c1ccccc1C. The second kappa shape index (κ2) is 6.19. The van der Waals surface area contributed by atoms with Crippen LogP contribution in [0.5, 0.6) is 0 Å². The van der Waals surface area contributed by atoms with Crippen LogP contribution >= 0.6 is 22.6 Å². The number of benzene rings is 2. The third-order valence-electron chi connectivity index (χ3n) is 3.06. The number of halogens is 1. The van der Waals surface area contributed by atoms with E-state index in [4.69, 9.17) is 0 Å². The summed E-state index contributed by atoms with van der Waals surface area (Å²) in [6, 6.07) is 15.6. The summed E-state index contributed by atoms with van der Waals surface area (Å²) >= 11 is 2.24. The fourth-order valence-electron chi connectivity index (χ4n) is 2.04. The molecule has 1 amide bonds. The Morgan fingerprint density at radius 3 is 2.32 bits per heavy atom. The number of para-hydroxylation sites is 1. The molecule has 0 bridgehead atoms. The van der Waals surface area contributed by atoms with Gasteiger partial charge >= 0.3 is 0 Å². The summed E-state index contributed by atoms with van der Waals surface area (Å²) < 4.78 is 1.13. The monoisotopic (exact) mass is 365 g/mol. The van der Waals surface area contributed by atoms with Crippen LogP contribution in [-0.2, 0) is 0 Å². The Morgan fingerprint density at radius 2 is 1.74 bits per heavy atom. The zero-order chi connectivity index (χ0) is 13.8. The molecule has 0 unspecified atom stereocenters. The number of carbonyl (C=O) groups excluding carboxylic acids is 1. The summed E-state index contributed by atoms with van der Waals surface area (Å²) in [7, 11) is 0. The van der Waals surface area contributed by atoms with Crippen molar-refractivity contribution in [3.8, 4) is 0 Å². The van der Waals surface area contributed by atoms with E-state index in [-0.39, 0.29) is 5.91 Å². The van der Waals surface area contributed by atoms with Crippen molar-refractivity contribution in [2.45, 2.75) is 13.8 Å². The first-order valence-corrected chi connectivity index (χ1v) is 7.34. The van der Waals surface area contributed by atoms with Crippen molar-refractivity contribution in [3.05, 3.63) is 63.2 Å². The highest BCUT2D eigenvalue weighted by molar-refractivity contribution is 14.1. The number of hydrogen-bond donors (Lipinski definition) is 0. The van der Waals surface area contributed by atoms with Crippen LogP contribution < -0.4 is 4.90 Å². The van der Waals surface area contributed by atoms with Crippen LogP contribution in [0.2, 0.25) is 0 Å². The van der Waals surface area contributed by atoms with Gasteiger partial charge in [-0.3, -0.25) is 4.79 Å². The van der Waals surface area contributed by atoms with Crippen molar-refractivity contribution in [1.29, 1.82) is 0 Å². The van der Waals surface area contributed by atoms with E-state index in [0.29, 0.717) is 6.54 Å². The molecule has 2 aromatic rings. The fraction of sp³-hybridized carbons (Fsp3) is 0.188. The summed E-state index contributed by atoms with van der Waals surface area (Å²) in [5.41, 5.74) is 2.82. The molecule has 0 atom stereocenters. The van der Waals surface area contributed by atoms with Crippen LogP contribution in [0.3, 0.4) is 0 Å². The van der Waals surface area contributed by atoms with Crippen molar-refractivity contribution in [2.75, 3.05) is 11.4 Å². The standard InChI is InChI=1S/C16H16INO/c1-3-18(15-7-5-4-6-12(15)2)16(19)13-8-10-14(17)11-9-13/h4-11H,3H2,1-2H3. The molecule has 0 aliphatic heterocycles. The molecular weight excluding hydrogens is 349 g/mol. The van der Waals surface area contributed by atoms with Crippen LogP contribution in [0.4, 0.5) is 5.69 Å². The molecular formula is C16H16INO. The van der Waals surface area contributed by atoms with Gasteiger partial charge in [0.2, 0.25) is 0 Å². The molecule has 0 saturated carbocycles. The van der Waals surface area contributed by atoms with Gasteiger partial charge in [-0.2, -0.15) is 0 Å². The first-order valence-electron chi connectivity index (χ1n) is 6.26. The lowest BCUT2D eigenvalue weighted by Crippen LogP contribution is -2.31. The molecule has 2 nitrogen and oxygen atoms in total. The maximum atomic E-state index is 12.6. The van der Waals surface area contributed by atoms with E-state index in [1.807, 2.05) is 67.3 Å². The Kier molecular flexibility index (Phi) is 4.58. The van der Waals surface area contributed by atoms with Gasteiger partial charge < -0.3 is 4.90 Å². The Balaban J connectivity index is 2.35. The van der Waals surface area contributed by atoms with Gasteiger partial charge in [0, 0.05) is 21.4 Å². The summed E-state index contributed by atoms with van der Waals surface area (Å²) in [5.74, 6) is 0.0493. The van der Waals surface area contributed by atoms with Crippen molar-refractivity contribution in [3.63, 3.8) is 0 Å². The highest BCUT2D eigenvalue weighted by atomic mass is 127. The number of hydrogen-bond acceptors (Lipinski definition) is 1. The lowest BCUT2D eigenvalue weighted by molar-refractivity contribution is 0.0988. The number of anilines is 1. The Bertz CT molecular complexity index is 578. The van der Waals surface area contributed by atoms with E-state index in [9.17, 15) is 4.79 Å². The fourth-order valence-corrected chi connectivity index (χ4v) is 2.40. The average molecular weight is 365 g/mol. The van der Waals surface area contributed by atoms with Crippen molar-refractivity contribution in [2.24, 2.45) is 0 Å². The topological polar surface area (TPSA) is 20.3 Å². The van der Waals surface area contributed by atoms with E-state index < -0.39 is 0 Å². The predicted octanol–water partition coefficient (Wildman–Crippen LogP) is 4.27. The molecule has 0 aromatic heterocycles. The summed E-state index contributed by atoms with van der Waals surface area (Å²) in [4.78, 5) is 14.4. The molecule has 0 aliphatic carbocycles. The van der Waals surface area contributed by atoms with E-state index in [1.54, 1.807) is 0 Å². The van der Waals surface area contributed by atoms with Crippen LogP contribution in [0.25, 0.3) is 0 Å². The first kappa shape index (κ1) is 14.1. The van der Waals surface area contributed by atoms with Gasteiger partial charge in [0.15, 0.2) is 0 Å². The van der Waals surface area contributed by atoms with Crippen LogP contribution in [0, 0.1) is 10.5 Å². The molecule has 0 fully saturated rings. The van der Waals surface area contributed by atoms with Gasteiger partial charge in [0.1, 0.15) is 0 Å². The minimum atomic E-state index is 0.0493. The quantitative estimate of drug-likeness (QED) is 0.744. The average Bonchev–Trinajstić information content (AvgIpc) is 2.42. The Labute approximate surface area is 127 Å².